The lowest BCUT2D eigenvalue weighted by Crippen LogP contribution is -1.88. The predicted molar refractivity (Wildman–Crippen MR) is 30.6 cm³/mol. The van der Waals surface area contributed by atoms with Crippen LogP contribution >= 0.6 is 0 Å². The number of benzene rings is 1. The van der Waals surface area contributed by atoms with Gasteiger partial charge in [0.2, 0.25) is 0 Å². The van der Waals surface area contributed by atoms with E-state index in [0.29, 0.717) is 0 Å². The highest BCUT2D eigenvalue weighted by atomic mass is 19.1. The van der Waals surface area contributed by atoms with Gasteiger partial charge in [0.05, 0.1) is 5.56 Å². The summed E-state index contributed by atoms with van der Waals surface area (Å²) in [6, 6.07) is 3.71. The molecule has 0 aliphatic heterocycles. The molecule has 0 N–H and O–H groups in total. The summed E-state index contributed by atoms with van der Waals surface area (Å²) in [5, 5.41) is 0. The van der Waals surface area contributed by atoms with Gasteiger partial charge >= 0.3 is 0 Å². The summed E-state index contributed by atoms with van der Waals surface area (Å²) in [6.07, 6.45) is 0.221. The number of halogens is 2. The van der Waals surface area contributed by atoms with Crippen molar-refractivity contribution in [3.05, 3.63) is 35.4 Å². The third kappa shape index (κ3) is 1.18. The third-order valence-electron chi connectivity index (χ3n) is 1.01. The molecule has 0 unspecified atom stereocenters. The lowest BCUT2D eigenvalue weighted by molar-refractivity contribution is 0.111. The average molecular weight is 141 g/mol. The van der Waals surface area contributed by atoms with Gasteiger partial charge in [-0.15, -0.1) is 0 Å². The first-order valence-corrected chi connectivity index (χ1v) is 2.56. The maximum absolute atomic E-state index is 12.3. The largest absolute Gasteiger partial charge is 0.298 e. The van der Waals surface area contributed by atoms with E-state index in [9.17, 15) is 13.6 Å². The quantitative estimate of drug-likeness (QED) is 0.542. The van der Waals surface area contributed by atoms with E-state index in [4.69, 9.17) is 0 Å². The molecule has 0 atom stereocenters. The van der Waals surface area contributed by atoms with Gasteiger partial charge in [0.15, 0.2) is 6.29 Å². The number of rotatable bonds is 1. The van der Waals surface area contributed by atoms with E-state index in [0.717, 1.165) is 12.1 Å². The molecule has 0 heterocycles. The van der Waals surface area contributed by atoms with Gasteiger partial charge in [0.25, 0.3) is 0 Å². The Morgan fingerprint density at radius 1 is 1.40 bits per heavy atom. The minimum absolute atomic E-state index is 0.221. The number of hydrogen-bond donors (Lipinski definition) is 0. The van der Waals surface area contributed by atoms with Crippen molar-refractivity contribution in [2.45, 2.75) is 0 Å². The summed E-state index contributed by atoms with van der Waals surface area (Å²) in [6.45, 7) is 0. The Kier molecular flexibility index (Phi) is 1.76. The van der Waals surface area contributed by atoms with Crippen molar-refractivity contribution in [2.75, 3.05) is 0 Å². The first kappa shape index (κ1) is 6.86. The van der Waals surface area contributed by atoms with Gasteiger partial charge in [-0.1, -0.05) is 0 Å². The molecule has 0 saturated heterocycles. The van der Waals surface area contributed by atoms with Crippen LogP contribution in [0.4, 0.5) is 8.78 Å². The third-order valence-corrected chi connectivity index (χ3v) is 1.01. The Morgan fingerprint density at radius 2 is 2.10 bits per heavy atom. The maximum Gasteiger partial charge on any atom is 0.153 e. The molecular formula is C7H3F2O. The lowest BCUT2D eigenvalue weighted by Gasteiger charge is -1.90. The average Bonchev–Trinajstić information content (AvgIpc) is 1.94. The molecular weight excluding hydrogens is 138 g/mol. The molecule has 0 fully saturated rings. The van der Waals surface area contributed by atoms with Crippen molar-refractivity contribution in [2.24, 2.45) is 0 Å². The topological polar surface area (TPSA) is 17.1 Å². The Labute approximate surface area is 56.3 Å². The van der Waals surface area contributed by atoms with Gasteiger partial charge in [0, 0.05) is 6.07 Å². The normalized spacial score (nSPS) is 9.40. The van der Waals surface area contributed by atoms with Crippen molar-refractivity contribution in [3.8, 4) is 0 Å². The summed E-state index contributed by atoms with van der Waals surface area (Å²) in [4.78, 5) is 9.94. The van der Waals surface area contributed by atoms with Gasteiger partial charge in [-0.3, -0.25) is 4.79 Å². The molecule has 0 aliphatic rings. The molecule has 0 bridgehead atoms. The van der Waals surface area contributed by atoms with Gasteiger partial charge < -0.3 is 0 Å². The summed E-state index contributed by atoms with van der Waals surface area (Å²) in [7, 11) is 0. The SMILES string of the molecule is O=Cc1[c]c(F)ccc1F. The van der Waals surface area contributed by atoms with Crippen LogP contribution in [0.3, 0.4) is 0 Å². The fourth-order valence-corrected chi connectivity index (χ4v) is 0.552. The molecule has 0 saturated carbocycles. The number of carbonyl (C=O) groups is 1. The van der Waals surface area contributed by atoms with Crippen molar-refractivity contribution in [3.63, 3.8) is 0 Å². The van der Waals surface area contributed by atoms with E-state index in [1.807, 2.05) is 6.07 Å². The molecule has 1 aromatic carbocycles. The first-order valence-electron chi connectivity index (χ1n) is 2.56. The van der Waals surface area contributed by atoms with Crippen LogP contribution in [0, 0.1) is 17.7 Å². The number of hydrogen-bond acceptors (Lipinski definition) is 1. The van der Waals surface area contributed by atoms with Crippen LogP contribution in [-0.4, -0.2) is 6.29 Å². The monoisotopic (exact) mass is 141 g/mol. The van der Waals surface area contributed by atoms with Crippen molar-refractivity contribution in [1.82, 2.24) is 0 Å². The minimum atomic E-state index is -0.753. The van der Waals surface area contributed by atoms with Gasteiger partial charge in [-0.2, -0.15) is 0 Å². The zero-order chi connectivity index (χ0) is 7.56. The highest BCUT2D eigenvalue weighted by molar-refractivity contribution is 5.74. The van der Waals surface area contributed by atoms with Crippen LogP contribution in [0.25, 0.3) is 0 Å². The second-order valence-electron chi connectivity index (χ2n) is 1.69. The van der Waals surface area contributed by atoms with Gasteiger partial charge in [0.1, 0.15) is 11.6 Å². The predicted octanol–water partition coefficient (Wildman–Crippen LogP) is 1.58. The number of carbonyl (C=O) groups excluding carboxylic acids is 1. The summed E-state index contributed by atoms with van der Waals surface area (Å²) in [5.41, 5.74) is -0.375. The molecule has 1 aromatic rings. The molecule has 3 heteroatoms. The highest BCUT2D eigenvalue weighted by Crippen LogP contribution is 2.05. The Hall–Kier alpha value is -1.25. The molecule has 1 nitrogen and oxygen atoms in total. The van der Waals surface area contributed by atoms with E-state index in [1.54, 1.807) is 0 Å². The van der Waals surface area contributed by atoms with E-state index >= 15 is 0 Å². The second kappa shape index (κ2) is 2.56. The number of aldehydes is 1. The smallest absolute Gasteiger partial charge is 0.153 e. The van der Waals surface area contributed by atoms with E-state index in [1.165, 1.54) is 0 Å². The molecule has 0 amide bonds. The minimum Gasteiger partial charge on any atom is -0.298 e. The fourth-order valence-electron chi connectivity index (χ4n) is 0.552. The Bertz CT molecular complexity index is 258. The molecule has 10 heavy (non-hydrogen) atoms. The van der Waals surface area contributed by atoms with Crippen molar-refractivity contribution >= 4 is 6.29 Å². The van der Waals surface area contributed by atoms with Gasteiger partial charge in [-0.25, -0.2) is 8.78 Å². The summed E-state index contributed by atoms with van der Waals surface area (Å²) in [5.74, 6) is -1.49. The van der Waals surface area contributed by atoms with E-state index in [2.05, 4.69) is 0 Å². The molecule has 1 radical (unpaired) electrons. The molecule has 51 valence electrons. The van der Waals surface area contributed by atoms with Crippen molar-refractivity contribution in [1.29, 1.82) is 0 Å². The first-order chi connectivity index (χ1) is 4.74. The summed E-state index contributed by atoms with van der Waals surface area (Å²) < 4.78 is 24.5. The molecule has 1 rings (SSSR count). The van der Waals surface area contributed by atoms with Crippen LogP contribution in [-0.2, 0) is 0 Å². The maximum atomic E-state index is 12.3. The van der Waals surface area contributed by atoms with Crippen LogP contribution in [0.15, 0.2) is 12.1 Å². The van der Waals surface area contributed by atoms with Crippen LogP contribution in [0.1, 0.15) is 10.4 Å². The zero-order valence-corrected chi connectivity index (χ0v) is 4.90. The van der Waals surface area contributed by atoms with Crippen LogP contribution in [0.2, 0.25) is 0 Å². The van der Waals surface area contributed by atoms with Crippen LogP contribution in [0.5, 0.6) is 0 Å². The molecule has 0 spiro atoms. The molecule has 0 aliphatic carbocycles. The Morgan fingerprint density at radius 3 is 2.60 bits per heavy atom. The highest BCUT2D eigenvalue weighted by Gasteiger charge is 2.01. The fraction of sp³-hybridized carbons (Fsp3) is 0. The zero-order valence-electron chi connectivity index (χ0n) is 4.90. The molecule has 0 aromatic heterocycles. The van der Waals surface area contributed by atoms with Gasteiger partial charge in [-0.05, 0) is 12.1 Å². The second-order valence-corrected chi connectivity index (χ2v) is 1.69. The van der Waals surface area contributed by atoms with E-state index in [-0.39, 0.29) is 11.8 Å². The standard InChI is InChI=1S/C7H3F2O/c8-6-1-2-7(9)5(3-6)4-10/h1-2,4H. The lowest BCUT2D eigenvalue weighted by atomic mass is 10.2. The van der Waals surface area contributed by atoms with Crippen molar-refractivity contribution < 1.29 is 13.6 Å². The Balaban J connectivity index is 3.21. The van der Waals surface area contributed by atoms with E-state index < -0.39 is 11.6 Å². The summed E-state index contributed by atoms with van der Waals surface area (Å²) >= 11 is 0. The van der Waals surface area contributed by atoms with Crippen LogP contribution < -0.4 is 0 Å².